The van der Waals surface area contributed by atoms with Crippen molar-refractivity contribution in [2.45, 2.75) is 25.9 Å². The first-order chi connectivity index (χ1) is 12.5. The van der Waals surface area contributed by atoms with Crippen LogP contribution in [-0.4, -0.2) is 35.7 Å². The fraction of sp³-hybridized carbons (Fsp3) is 0.300. The van der Waals surface area contributed by atoms with Gasteiger partial charge in [0.25, 0.3) is 0 Å². The summed E-state index contributed by atoms with van der Waals surface area (Å²) in [5, 5.41) is 2.86. The van der Waals surface area contributed by atoms with Gasteiger partial charge in [0.1, 0.15) is 0 Å². The zero-order chi connectivity index (χ0) is 18.9. The summed E-state index contributed by atoms with van der Waals surface area (Å²) in [6.07, 6.45) is 2.25. The van der Waals surface area contributed by atoms with Crippen molar-refractivity contribution >= 4 is 34.6 Å². The van der Waals surface area contributed by atoms with E-state index in [0.29, 0.717) is 19.5 Å². The van der Waals surface area contributed by atoms with Crippen LogP contribution >= 0.6 is 22.9 Å². The Labute approximate surface area is 163 Å². The van der Waals surface area contributed by atoms with E-state index < -0.39 is 6.04 Å². The van der Waals surface area contributed by atoms with E-state index in [0.717, 1.165) is 14.8 Å². The quantitative estimate of drug-likeness (QED) is 0.629. The molecule has 0 aliphatic rings. The maximum absolute atomic E-state index is 12.5. The summed E-state index contributed by atoms with van der Waals surface area (Å²) in [5.41, 5.74) is 1.02. The van der Waals surface area contributed by atoms with E-state index in [1.54, 1.807) is 6.08 Å². The molecule has 1 atom stereocenters. The Hall–Kier alpha value is -1.95. The van der Waals surface area contributed by atoms with E-state index in [9.17, 15) is 9.59 Å². The predicted octanol–water partition coefficient (Wildman–Crippen LogP) is 3.71. The molecule has 1 aromatic carbocycles. The van der Waals surface area contributed by atoms with Crippen LogP contribution in [0.1, 0.15) is 17.4 Å². The zero-order valence-electron chi connectivity index (χ0n) is 14.8. The Morgan fingerprint density at radius 1 is 1.27 bits per heavy atom. The molecule has 0 spiro atoms. The van der Waals surface area contributed by atoms with Crippen LogP contribution in [0.3, 0.4) is 0 Å². The second-order valence-corrected chi connectivity index (χ2v) is 7.88. The summed E-state index contributed by atoms with van der Waals surface area (Å²) in [4.78, 5) is 27.4. The standard InChI is InChI=1S/C20H23ClN2O2S/c1-3-11-23(13-17-9-10-19(21)26-17)14-20(25)22-18(15(2)24)12-16-7-5-4-6-8-16/h3-10,18H,1,11-14H2,2H3,(H,22,25)/t18-/m1/s1. The van der Waals surface area contributed by atoms with Gasteiger partial charge in [0.15, 0.2) is 5.78 Å². The van der Waals surface area contributed by atoms with Gasteiger partial charge in [-0.2, -0.15) is 0 Å². The van der Waals surface area contributed by atoms with Crippen molar-refractivity contribution < 1.29 is 9.59 Å². The summed E-state index contributed by atoms with van der Waals surface area (Å²) in [7, 11) is 0. The Morgan fingerprint density at radius 2 is 2.00 bits per heavy atom. The fourth-order valence-electron chi connectivity index (χ4n) is 2.61. The van der Waals surface area contributed by atoms with Gasteiger partial charge < -0.3 is 5.32 Å². The summed E-state index contributed by atoms with van der Waals surface area (Å²) >= 11 is 7.46. The maximum atomic E-state index is 12.5. The second kappa shape index (κ2) is 10.3. The second-order valence-electron chi connectivity index (χ2n) is 6.08. The van der Waals surface area contributed by atoms with Crippen LogP contribution < -0.4 is 5.32 Å². The molecule has 1 aromatic heterocycles. The van der Waals surface area contributed by atoms with Crippen molar-refractivity contribution in [1.82, 2.24) is 10.2 Å². The van der Waals surface area contributed by atoms with Crippen LogP contribution in [0.4, 0.5) is 0 Å². The minimum atomic E-state index is -0.522. The van der Waals surface area contributed by atoms with Crippen LogP contribution in [0.25, 0.3) is 0 Å². The minimum absolute atomic E-state index is 0.0532. The average Bonchev–Trinajstić information content (AvgIpc) is 3.00. The maximum Gasteiger partial charge on any atom is 0.234 e. The molecule has 1 heterocycles. The van der Waals surface area contributed by atoms with Gasteiger partial charge in [0.05, 0.1) is 16.9 Å². The van der Waals surface area contributed by atoms with Crippen molar-refractivity contribution in [2.75, 3.05) is 13.1 Å². The highest BCUT2D eigenvalue weighted by Crippen LogP contribution is 2.22. The number of nitrogens with one attached hydrogen (secondary N) is 1. The normalized spacial score (nSPS) is 12.0. The third-order valence-electron chi connectivity index (χ3n) is 3.87. The number of benzene rings is 1. The predicted molar refractivity (Wildman–Crippen MR) is 108 cm³/mol. The highest BCUT2D eigenvalue weighted by atomic mass is 35.5. The van der Waals surface area contributed by atoms with E-state index in [4.69, 9.17) is 11.6 Å². The van der Waals surface area contributed by atoms with Crippen molar-refractivity contribution in [1.29, 1.82) is 0 Å². The van der Waals surface area contributed by atoms with Crippen LogP contribution in [0.5, 0.6) is 0 Å². The number of rotatable bonds is 10. The van der Waals surface area contributed by atoms with Crippen molar-refractivity contribution in [2.24, 2.45) is 0 Å². The number of hydrogen-bond donors (Lipinski definition) is 1. The molecular weight excluding hydrogens is 368 g/mol. The largest absolute Gasteiger partial charge is 0.345 e. The van der Waals surface area contributed by atoms with E-state index in [1.165, 1.54) is 18.3 Å². The van der Waals surface area contributed by atoms with Crippen molar-refractivity contribution in [3.8, 4) is 0 Å². The van der Waals surface area contributed by atoms with E-state index in [2.05, 4.69) is 11.9 Å². The third-order valence-corrected chi connectivity index (χ3v) is 5.09. The first-order valence-corrected chi connectivity index (χ1v) is 9.58. The molecule has 0 aliphatic heterocycles. The molecule has 0 saturated heterocycles. The molecule has 6 heteroatoms. The molecule has 0 fully saturated rings. The van der Waals surface area contributed by atoms with Gasteiger partial charge in [-0.15, -0.1) is 17.9 Å². The lowest BCUT2D eigenvalue weighted by atomic mass is 10.0. The van der Waals surface area contributed by atoms with E-state index >= 15 is 0 Å². The van der Waals surface area contributed by atoms with Gasteiger partial charge in [0, 0.05) is 18.0 Å². The molecule has 0 saturated carbocycles. The summed E-state index contributed by atoms with van der Waals surface area (Å²) in [6, 6.07) is 13.0. The molecule has 0 aliphatic carbocycles. The van der Waals surface area contributed by atoms with E-state index in [1.807, 2.05) is 47.4 Å². The molecule has 2 aromatic rings. The molecule has 138 valence electrons. The van der Waals surface area contributed by atoms with Crippen LogP contribution in [0.15, 0.2) is 55.1 Å². The fourth-order valence-corrected chi connectivity index (χ4v) is 3.74. The average molecular weight is 391 g/mol. The highest BCUT2D eigenvalue weighted by Gasteiger charge is 2.19. The number of carbonyl (C=O) groups is 2. The van der Waals surface area contributed by atoms with Gasteiger partial charge in [-0.3, -0.25) is 14.5 Å². The number of thiophene rings is 1. The number of Topliss-reactive ketones (excluding diaryl/α,β-unsaturated/α-hetero) is 1. The minimum Gasteiger partial charge on any atom is -0.345 e. The Balaban J connectivity index is 1.95. The molecule has 1 amide bonds. The highest BCUT2D eigenvalue weighted by molar-refractivity contribution is 7.16. The molecule has 0 bridgehead atoms. The number of amides is 1. The first kappa shape index (κ1) is 20.4. The molecule has 4 nitrogen and oxygen atoms in total. The van der Waals surface area contributed by atoms with Gasteiger partial charge in [0.2, 0.25) is 5.91 Å². The lowest BCUT2D eigenvalue weighted by Gasteiger charge is -2.22. The molecule has 0 radical (unpaired) electrons. The zero-order valence-corrected chi connectivity index (χ0v) is 16.4. The number of hydrogen-bond acceptors (Lipinski definition) is 4. The van der Waals surface area contributed by atoms with Gasteiger partial charge in [-0.05, 0) is 31.0 Å². The molecule has 26 heavy (non-hydrogen) atoms. The monoisotopic (exact) mass is 390 g/mol. The molecule has 1 N–H and O–H groups in total. The Kier molecular flexibility index (Phi) is 8.04. The summed E-state index contributed by atoms with van der Waals surface area (Å²) in [5.74, 6) is -0.229. The van der Waals surface area contributed by atoms with Crippen LogP contribution in [0.2, 0.25) is 4.34 Å². The number of halogens is 1. The Bertz CT molecular complexity index is 745. The van der Waals surface area contributed by atoms with E-state index in [-0.39, 0.29) is 18.2 Å². The molecule has 2 rings (SSSR count). The Morgan fingerprint density at radius 3 is 2.58 bits per heavy atom. The van der Waals surface area contributed by atoms with Gasteiger partial charge >= 0.3 is 0 Å². The lowest BCUT2D eigenvalue weighted by Crippen LogP contribution is -2.45. The number of carbonyl (C=O) groups excluding carboxylic acids is 2. The lowest BCUT2D eigenvalue weighted by molar-refractivity contribution is -0.127. The number of ketones is 1. The van der Waals surface area contributed by atoms with Crippen LogP contribution in [-0.2, 0) is 22.6 Å². The van der Waals surface area contributed by atoms with Crippen molar-refractivity contribution in [3.05, 3.63) is 69.9 Å². The summed E-state index contributed by atoms with van der Waals surface area (Å²) < 4.78 is 0.725. The molecular formula is C20H23ClN2O2S. The SMILES string of the molecule is C=CCN(CC(=O)N[C@H](Cc1ccccc1)C(C)=O)Cc1ccc(Cl)s1. The third kappa shape index (κ3) is 6.75. The van der Waals surface area contributed by atoms with Crippen LogP contribution in [0, 0.1) is 0 Å². The van der Waals surface area contributed by atoms with Gasteiger partial charge in [-0.25, -0.2) is 0 Å². The molecule has 0 unspecified atom stereocenters. The van der Waals surface area contributed by atoms with Gasteiger partial charge in [-0.1, -0.05) is 48.0 Å². The number of nitrogens with zero attached hydrogens (tertiary/aromatic N) is 1. The summed E-state index contributed by atoms with van der Waals surface area (Å²) in [6.45, 7) is 6.63. The topological polar surface area (TPSA) is 49.4 Å². The smallest absolute Gasteiger partial charge is 0.234 e. The first-order valence-electron chi connectivity index (χ1n) is 8.39. The van der Waals surface area contributed by atoms with Crippen molar-refractivity contribution in [3.63, 3.8) is 0 Å².